The summed E-state index contributed by atoms with van der Waals surface area (Å²) in [5, 5.41) is 0. The first-order chi connectivity index (χ1) is 8.00. The molecule has 102 valence electrons. The Morgan fingerprint density at radius 3 is 1.94 bits per heavy atom. The molecular weight excluding hydrogens is 246 g/mol. The quantitative estimate of drug-likeness (QED) is 0.912. The van der Waals surface area contributed by atoms with Gasteiger partial charge in [-0.2, -0.15) is 0 Å². The Morgan fingerprint density at radius 1 is 1.11 bits per heavy atom. The van der Waals surface area contributed by atoms with E-state index in [4.69, 9.17) is 5.73 Å². The topological polar surface area (TPSA) is 60.2 Å². The summed E-state index contributed by atoms with van der Waals surface area (Å²) in [7, 11) is -3.18. The molecule has 2 N–H and O–H groups in total. The van der Waals surface area contributed by atoms with Crippen LogP contribution in [0.5, 0.6) is 0 Å². The summed E-state index contributed by atoms with van der Waals surface area (Å²) in [4.78, 5) is 0. The van der Waals surface area contributed by atoms with Gasteiger partial charge in [-0.1, -0.05) is 17.7 Å². The van der Waals surface area contributed by atoms with Crippen molar-refractivity contribution >= 4 is 9.84 Å². The van der Waals surface area contributed by atoms with Crippen LogP contribution in [0.2, 0.25) is 0 Å². The molecule has 0 fully saturated rings. The fraction of sp³-hybridized carbons (Fsp3) is 0.571. The largest absolute Gasteiger partial charge is 0.325 e. The number of rotatable bonds is 4. The third-order valence-electron chi connectivity index (χ3n) is 2.80. The van der Waals surface area contributed by atoms with Gasteiger partial charge in [0.25, 0.3) is 0 Å². The van der Waals surface area contributed by atoms with E-state index >= 15 is 0 Å². The number of hydrogen-bond acceptors (Lipinski definition) is 3. The monoisotopic (exact) mass is 269 g/mol. The number of benzene rings is 1. The minimum absolute atomic E-state index is 0.00670. The van der Waals surface area contributed by atoms with Gasteiger partial charge < -0.3 is 5.73 Å². The number of hydrogen-bond donors (Lipinski definition) is 1. The van der Waals surface area contributed by atoms with E-state index in [-0.39, 0.29) is 11.5 Å². The van der Waals surface area contributed by atoms with Crippen LogP contribution in [0.3, 0.4) is 0 Å². The SMILES string of the molecule is Cc1cc(C)c(CS(=O)(=O)CC(C)(C)N)c(C)c1. The van der Waals surface area contributed by atoms with Crippen LogP contribution in [0.4, 0.5) is 0 Å². The molecule has 0 spiro atoms. The van der Waals surface area contributed by atoms with E-state index < -0.39 is 15.4 Å². The molecule has 4 heteroatoms. The molecule has 3 nitrogen and oxygen atoms in total. The zero-order chi connectivity index (χ0) is 14.1. The van der Waals surface area contributed by atoms with Gasteiger partial charge in [-0.25, -0.2) is 8.42 Å². The molecule has 1 rings (SSSR count). The summed E-state index contributed by atoms with van der Waals surface area (Å²) in [5.74, 6) is 0.0817. The van der Waals surface area contributed by atoms with Crippen molar-refractivity contribution in [1.29, 1.82) is 0 Å². The Balaban J connectivity index is 3.06. The number of aryl methyl sites for hydroxylation is 3. The van der Waals surface area contributed by atoms with E-state index in [0.29, 0.717) is 0 Å². The molecular formula is C14H23NO2S. The maximum Gasteiger partial charge on any atom is 0.156 e. The third kappa shape index (κ3) is 4.42. The van der Waals surface area contributed by atoms with Gasteiger partial charge in [-0.15, -0.1) is 0 Å². The van der Waals surface area contributed by atoms with Crippen LogP contribution >= 0.6 is 0 Å². The summed E-state index contributed by atoms with van der Waals surface area (Å²) >= 11 is 0. The van der Waals surface area contributed by atoms with Crippen LogP contribution in [-0.4, -0.2) is 19.7 Å². The second-order valence-corrected chi connectivity index (χ2v) is 7.96. The van der Waals surface area contributed by atoms with Gasteiger partial charge in [0.1, 0.15) is 0 Å². The van der Waals surface area contributed by atoms with E-state index in [1.807, 2.05) is 32.9 Å². The van der Waals surface area contributed by atoms with Crippen LogP contribution in [0, 0.1) is 20.8 Å². The minimum atomic E-state index is -3.18. The van der Waals surface area contributed by atoms with Crippen LogP contribution in [-0.2, 0) is 15.6 Å². The lowest BCUT2D eigenvalue weighted by atomic mass is 10.0. The molecule has 1 aromatic rings. The molecule has 0 radical (unpaired) electrons. The Morgan fingerprint density at radius 2 is 1.56 bits per heavy atom. The molecule has 0 aliphatic rings. The van der Waals surface area contributed by atoms with E-state index in [0.717, 1.165) is 22.3 Å². The predicted molar refractivity (Wildman–Crippen MR) is 76.4 cm³/mol. The van der Waals surface area contributed by atoms with Crippen LogP contribution < -0.4 is 5.73 Å². The van der Waals surface area contributed by atoms with E-state index in [1.54, 1.807) is 13.8 Å². The van der Waals surface area contributed by atoms with Crippen LogP contribution in [0.15, 0.2) is 12.1 Å². The van der Waals surface area contributed by atoms with Gasteiger partial charge in [0.05, 0.1) is 11.5 Å². The third-order valence-corrected chi connectivity index (χ3v) is 4.71. The van der Waals surface area contributed by atoms with E-state index in [2.05, 4.69) is 0 Å². The Labute approximate surface area is 110 Å². The zero-order valence-corrected chi connectivity index (χ0v) is 12.7. The Hall–Kier alpha value is -0.870. The first-order valence-corrected chi connectivity index (χ1v) is 7.88. The minimum Gasteiger partial charge on any atom is -0.325 e. The first-order valence-electron chi connectivity index (χ1n) is 6.06. The molecule has 0 heterocycles. The molecule has 1 aromatic carbocycles. The highest BCUT2D eigenvalue weighted by molar-refractivity contribution is 7.90. The van der Waals surface area contributed by atoms with Crippen molar-refractivity contribution in [3.63, 3.8) is 0 Å². The fourth-order valence-electron chi connectivity index (χ4n) is 2.28. The van der Waals surface area contributed by atoms with Crippen molar-refractivity contribution in [2.75, 3.05) is 5.75 Å². The van der Waals surface area contributed by atoms with Gasteiger partial charge >= 0.3 is 0 Å². The molecule has 0 aromatic heterocycles. The molecule has 0 bridgehead atoms. The standard InChI is InChI=1S/C14H23NO2S/c1-10-6-11(2)13(12(3)7-10)8-18(16,17)9-14(4,5)15/h6-7H,8-9,15H2,1-5H3. The fourth-order valence-corrected chi connectivity index (χ4v) is 4.41. The summed E-state index contributed by atoms with van der Waals surface area (Å²) in [6.45, 7) is 9.40. The highest BCUT2D eigenvalue weighted by atomic mass is 32.2. The summed E-state index contributed by atoms with van der Waals surface area (Å²) in [6.07, 6.45) is 0. The summed E-state index contributed by atoms with van der Waals surface area (Å²) in [6, 6.07) is 4.04. The maximum absolute atomic E-state index is 12.1. The van der Waals surface area contributed by atoms with Crippen LogP contribution in [0.1, 0.15) is 36.1 Å². The number of nitrogens with two attached hydrogens (primary N) is 1. The number of sulfone groups is 1. The molecule has 0 unspecified atom stereocenters. The molecule has 0 saturated carbocycles. The van der Waals surface area contributed by atoms with Gasteiger partial charge in [0.2, 0.25) is 0 Å². The van der Waals surface area contributed by atoms with Gasteiger partial charge in [-0.3, -0.25) is 0 Å². The Bertz CT molecular complexity index is 516. The predicted octanol–water partition coefficient (Wildman–Crippen LogP) is 2.26. The van der Waals surface area contributed by atoms with Gasteiger partial charge in [0, 0.05) is 5.54 Å². The average molecular weight is 269 g/mol. The van der Waals surface area contributed by atoms with Crippen molar-refractivity contribution in [1.82, 2.24) is 0 Å². The first kappa shape index (κ1) is 15.2. The van der Waals surface area contributed by atoms with Crippen molar-refractivity contribution in [3.8, 4) is 0 Å². The van der Waals surface area contributed by atoms with Crippen molar-refractivity contribution < 1.29 is 8.42 Å². The van der Waals surface area contributed by atoms with Crippen LogP contribution in [0.25, 0.3) is 0 Å². The van der Waals surface area contributed by atoms with Crippen molar-refractivity contribution in [2.45, 2.75) is 45.9 Å². The van der Waals surface area contributed by atoms with E-state index in [9.17, 15) is 8.42 Å². The van der Waals surface area contributed by atoms with E-state index in [1.165, 1.54) is 0 Å². The average Bonchev–Trinajstić information content (AvgIpc) is 2.07. The highest BCUT2D eigenvalue weighted by Gasteiger charge is 2.23. The molecule has 0 amide bonds. The summed E-state index contributed by atoms with van der Waals surface area (Å²) < 4.78 is 24.2. The van der Waals surface area contributed by atoms with Crippen molar-refractivity contribution in [2.24, 2.45) is 5.73 Å². The zero-order valence-electron chi connectivity index (χ0n) is 11.9. The molecule has 0 aliphatic carbocycles. The van der Waals surface area contributed by atoms with Crippen molar-refractivity contribution in [3.05, 3.63) is 34.4 Å². The summed E-state index contributed by atoms with van der Waals surface area (Å²) in [5.41, 5.74) is 9.24. The smallest absolute Gasteiger partial charge is 0.156 e. The Kier molecular flexibility index (Phi) is 4.23. The maximum atomic E-state index is 12.1. The lowest BCUT2D eigenvalue weighted by molar-refractivity contribution is 0.543. The van der Waals surface area contributed by atoms with Gasteiger partial charge in [-0.05, 0) is 51.3 Å². The molecule has 0 saturated heterocycles. The second kappa shape index (κ2) is 5.02. The van der Waals surface area contributed by atoms with Gasteiger partial charge in [0.15, 0.2) is 9.84 Å². The molecule has 0 atom stereocenters. The normalized spacial score (nSPS) is 12.8. The lowest BCUT2D eigenvalue weighted by Gasteiger charge is -2.19. The highest BCUT2D eigenvalue weighted by Crippen LogP contribution is 2.20. The molecule has 0 aliphatic heterocycles. The second-order valence-electron chi connectivity index (χ2n) is 5.90. The lowest BCUT2D eigenvalue weighted by Crippen LogP contribution is -2.40. The molecule has 18 heavy (non-hydrogen) atoms.